The van der Waals surface area contributed by atoms with Crippen LogP contribution < -0.4 is 11.1 Å². The van der Waals surface area contributed by atoms with Crippen molar-refractivity contribution in [2.75, 3.05) is 19.8 Å². The number of pyridine rings is 1. The molecule has 1 aromatic rings. The third kappa shape index (κ3) is 6.10. The average Bonchev–Trinajstić information content (AvgIpc) is 2.97. The maximum absolute atomic E-state index is 5.50. The second-order valence-electron chi connectivity index (χ2n) is 3.57. The molecule has 4 heteroatoms. The summed E-state index contributed by atoms with van der Waals surface area (Å²) in [6.07, 6.45) is 1.86. The molecule has 4 nitrogen and oxygen atoms in total. The Labute approximate surface area is 112 Å². The molecule has 0 aliphatic carbocycles. The number of hydrogen-bond acceptors (Lipinski definition) is 4. The quantitative estimate of drug-likeness (QED) is 0.863. The van der Waals surface area contributed by atoms with E-state index in [1.807, 2.05) is 40.0 Å². The normalized spacial score (nSPS) is 14.3. The molecule has 1 aromatic heterocycles. The molecule has 0 aromatic carbocycles. The zero-order chi connectivity index (χ0) is 13.8. The number of hydrogen-bond donors (Lipinski definition) is 2. The van der Waals surface area contributed by atoms with Crippen molar-refractivity contribution in [1.82, 2.24) is 15.2 Å². The lowest BCUT2D eigenvalue weighted by Gasteiger charge is -2.12. The molecule has 0 atom stereocenters. The minimum atomic E-state index is 0.568. The van der Waals surface area contributed by atoms with E-state index in [-0.39, 0.29) is 0 Å². The summed E-state index contributed by atoms with van der Waals surface area (Å²) < 4.78 is 0. The number of aromatic nitrogens is 1. The zero-order valence-corrected chi connectivity index (χ0v) is 12.2. The van der Waals surface area contributed by atoms with E-state index >= 15 is 0 Å². The van der Waals surface area contributed by atoms with Gasteiger partial charge in [-0.05, 0) is 11.6 Å². The van der Waals surface area contributed by atoms with Crippen molar-refractivity contribution in [1.29, 1.82) is 0 Å². The van der Waals surface area contributed by atoms with Gasteiger partial charge >= 0.3 is 0 Å². The molecule has 18 heavy (non-hydrogen) atoms. The van der Waals surface area contributed by atoms with Crippen LogP contribution in [0.4, 0.5) is 0 Å². The summed E-state index contributed by atoms with van der Waals surface area (Å²) >= 11 is 0. The van der Waals surface area contributed by atoms with Crippen LogP contribution in [0.3, 0.4) is 0 Å². The maximum atomic E-state index is 5.50. The van der Waals surface area contributed by atoms with Crippen molar-refractivity contribution in [2.24, 2.45) is 5.73 Å². The molecule has 0 unspecified atom stereocenters. The standard InChI is InChI=1S/C10H16N4.2C2H6/c11-5-9-1-2-10(13-6-9)7-14-4-3-12-8-14;2*1-2/h1-2,6,12H,3-5,7-8,11H2;2*1-2H3. The predicted molar refractivity (Wildman–Crippen MR) is 78.1 cm³/mol. The lowest BCUT2D eigenvalue weighted by atomic mass is 10.2. The Hall–Kier alpha value is -0.970. The summed E-state index contributed by atoms with van der Waals surface area (Å²) in [4.78, 5) is 6.70. The third-order valence-corrected chi connectivity index (χ3v) is 2.45. The van der Waals surface area contributed by atoms with Gasteiger partial charge in [-0.15, -0.1) is 0 Å². The molecule has 0 amide bonds. The molecule has 1 aliphatic heterocycles. The van der Waals surface area contributed by atoms with Gasteiger partial charge in [-0.2, -0.15) is 0 Å². The highest BCUT2D eigenvalue weighted by atomic mass is 15.3. The minimum absolute atomic E-state index is 0.568. The van der Waals surface area contributed by atoms with Gasteiger partial charge in [0.2, 0.25) is 0 Å². The van der Waals surface area contributed by atoms with Crippen molar-refractivity contribution in [3.63, 3.8) is 0 Å². The van der Waals surface area contributed by atoms with Crippen LogP contribution in [-0.2, 0) is 13.1 Å². The first kappa shape index (κ1) is 17.0. The van der Waals surface area contributed by atoms with E-state index in [2.05, 4.69) is 21.3 Å². The average molecular weight is 252 g/mol. The van der Waals surface area contributed by atoms with Crippen molar-refractivity contribution in [3.8, 4) is 0 Å². The Morgan fingerprint density at radius 1 is 1.28 bits per heavy atom. The SMILES string of the molecule is CC.CC.NCc1ccc(CN2CCNC2)nc1. The van der Waals surface area contributed by atoms with Gasteiger partial charge in [-0.1, -0.05) is 33.8 Å². The molecule has 3 N–H and O–H groups in total. The van der Waals surface area contributed by atoms with Gasteiger partial charge < -0.3 is 11.1 Å². The van der Waals surface area contributed by atoms with E-state index < -0.39 is 0 Å². The van der Waals surface area contributed by atoms with Crippen LogP contribution in [0.1, 0.15) is 39.0 Å². The van der Waals surface area contributed by atoms with Gasteiger partial charge in [0.15, 0.2) is 0 Å². The molecule has 0 radical (unpaired) electrons. The predicted octanol–water partition coefficient (Wildman–Crippen LogP) is 1.96. The topological polar surface area (TPSA) is 54.2 Å². The Morgan fingerprint density at radius 3 is 2.44 bits per heavy atom. The van der Waals surface area contributed by atoms with E-state index in [0.29, 0.717) is 6.54 Å². The largest absolute Gasteiger partial charge is 0.326 e. The number of nitrogens with zero attached hydrogens (tertiary/aromatic N) is 2. The van der Waals surface area contributed by atoms with E-state index in [0.717, 1.165) is 37.6 Å². The highest BCUT2D eigenvalue weighted by Crippen LogP contribution is 2.04. The molecular weight excluding hydrogens is 224 g/mol. The van der Waals surface area contributed by atoms with Crippen LogP contribution in [0, 0.1) is 0 Å². The number of nitrogens with two attached hydrogens (primary N) is 1. The Kier molecular flexibility index (Phi) is 10.5. The van der Waals surface area contributed by atoms with Crippen molar-refractivity contribution in [2.45, 2.75) is 40.8 Å². The summed E-state index contributed by atoms with van der Waals surface area (Å²) in [5.41, 5.74) is 7.71. The second-order valence-corrected chi connectivity index (χ2v) is 3.57. The monoisotopic (exact) mass is 252 g/mol. The molecule has 2 rings (SSSR count). The van der Waals surface area contributed by atoms with Crippen LogP contribution in [-0.4, -0.2) is 29.6 Å². The van der Waals surface area contributed by atoms with Gasteiger partial charge in [0.1, 0.15) is 0 Å². The van der Waals surface area contributed by atoms with Gasteiger partial charge in [-0.25, -0.2) is 0 Å². The van der Waals surface area contributed by atoms with Gasteiger partial charge in [0.25, 0.3) is 0 Å². The lowest BCUT2D eigenvalue weighted by molar-refractivity contribution is 0.323. The Morgan fingerprint density at radius 2 is 2.00 bits per heavy atom. The number of nitrogens with one attached hydrogen (secondary N) is 1. The molecule has 2 heterocycles. The smallest absolute Gasteiger partial charge is 0.0544 e. The first-order chi connectivity index (χ1) is 8.88. The molecule has 104 valence electrons. The van der Waals surface area contributed by atoms with Gasteiger partial charge in [-0.3, -0.25) is 9.88 Å². The molecular formula is C14H28N4. The zero-order valence-electron chi connectivity index (χ0n) is 12.2. The van der Waals surface area contributed by atoms with Crippen LogP contribution >= 0.6 is 0 Å². The van der Waals surface area contributed by atoms with Crippen LogP contribution in [0.15, 0.2) is 18.3 Å². The summed E-state index contributed by atoms with van der Waals surface area (Å²) in [5, 5.41) is 3.29. The first-order valence-corrected chi connectivity index (χ1v) is 6.95. The Bertz CT molecular complexity index is 278. The summed E-state index contributed by atoms with van der Waals surface area (Å²) in [5.74, 6) is 0. The Balaban J connectivity index is 0.000000659. The summed E-state index contributed by atoms with van der Waals surface area (Å²) in [6, 6.07) is 4.10. The van der Waals surface area contributed by atoms with Crippen molar-refractivity contribution < 1.29 is 0 Å². The fourth-order valence-electron chi connectivity index (χ4n) is 1.59. The lowest BCUT2D eigenvalue weighted by Crippen LogP contribution is -2.21. The van der Waals surface area contributed by atoms with E-state index in [1.54, 1.807) is 0 Å². The van der Waals surface area contributed by atoms with Gasteiger partial charge in [0.05, 0.1) is 5.69 Å². The molecule has 1 aliphatic rings. The second kappa shape index (κ2) is 11.1. The summed E-state index contributed by atoms with van der Waals surface area (Å²) in [7, 11) is 0. The molecule has 0 bridgehead atoms. The van der Waals surface area contributed by atoms with Crippen molar-refractivity contribution in [3.05, 3.63) is 29.6 Å². The first-order valence-electron chi connectivity index (χ1n) is 6.95. The van der Waals surface area contributed by atoms with E-state index in [4.69, 9.17) is 5.73 Å². The van der Waals surface area contributed by atoms with E-state index in [9.17, 15) is 0 Å². The van der Waals surface area contributed by atoms with Crippen molar-refractivity contribution >= 4 is 0 Å². The fraction of sp³-hybridized carbons (Fsp3) is 0.643. The number of rotatable bonds is 3. The maximum Gasteiger partial charge on any atom is 0.0544 e. The van der Waals surface area contributed by atoms with Crippen LogP contribution in [0.25, 0.3) is 0 Å². The van der Waals surface area contributed by atoms with Crippen LogP contribution in [0.2, 0.25) is 0 Å². The molecule has 1 saturated heterocycles. The highest BCUT2D eigenvalue weighted by Gasteiger charge is 2.10. The fourth-order valence-corrected chi connectivity index (χ4v) is 1.59. The van der Waals surface area contributed by atoms with E-state index in [1.165, 1.54) is 0 Å². The van der Waals surface area contributed by atoms with Gasteiger partial charge in [0, 0.05) is 39.0 Å². The molecule has 1 fully saturated rings. The minimum Gasteiger partial charge on any atom is -0.326 e. The third-order valence-electron chi connectivity index (χ3n) is 2.45. The highest BCUT2D eigenvalue weighted by molar-refractivity contribution is 5.13. The molecule has 0 saturated carbocycles. The van der Waals surface area contributed by atoms with Crippen LogP contribution in [0.5, 0.6) is 0 Å². The summed E-state index contributed by atoms with van der Waals surface area (Å²) in [6.45, 7) is 12.7. The molecule has 0 spiro atoms.